The number of amides is 1. The van der Waals surface area contributed by atoms with Crippen molar-refractivity contribution in [3.05, 3.63) is 28.8 Å². The molecule has 0 bridgehead atoms. The number of nitrogens with one attached hydrogen (secondary N) is 2. The Hall–Kier alpha value is -1.32. The standard InChI is InChI=1S/C10H10ClF3N2O3S/c1-2-9(17)15-16-20(18,19)6-3-4-8(11)7(5-6)10(12,13)14/h3-5,16H,2H2,1H3,(H,15,17). The van der Waals surface area contributed by atoms with Crippen molar-refractivity contribution >= 4 is 27.5 Å². The van der Waals surface area contributed by atoms with Gasteiger partial charge < -0.3 is 0 Å². The first-order valence-electron chi connectivity index (χ1n) is 5.25. The van der Waals surface area contributed by atoms with Gasteiger partial charge in [0, 0.05) is 6.42 Å². The third-order valence-electron chi connectivity index (χ3n) is 2.20. The van der Waals surface area contributed by atoms with Crippen LogP contribution in [0, 0.1) is 0 Å². The number of carbonyl (C=O) groups is 1. The van der Waals surface area contributed by atoms with Gasteiger partial charge >= 0.3 is 6.18 Å². The molecule has 0 spiro atoms. The number of alkyl halides is 3. The molecule has 20 heavy (non-hydrogen) atoms. The van der Waals surface area contributed by atoms with E-state index in [-0.39, 0.29) is 6.42 Å². The third-order valence-corrected chi connectivity index (χ3v) is 3.77. The van der Waals surface area contributed by atoms with Crippen LogP contribution in [0.3, 0.4) is 0 Å². The Morgan fingerprint density at radius 2 is 1.95 bits per heavy atom. The summed E-state index contributed by atoms with van der Waals surface area (Å²) in [7, 11) is -4.31. The van der Waals surface area contributed by atoms with Gasteiger partial charge in [-0.25, -0.2) is 8.42 Å². The fraction of sp³-hybridized carbons (Fsp3) is 0.300. The van der Waals surface area contributed by atoms with Gasteiger partial charge in [0.15, 0.2) is 0 Å². The molecule has 0 fully saturated rings. The number of halogens is 4. The van der Waals surface area contributed by atoms with Crippen molar-refractivity contribution in [3.8, 4) is 0 Å². The third kappa shape index (κ3) is 4.09. The first-order chi connectivity index (χ1) is 9.08. The van der Waals surface area contributed by atoms with Crippen LogP contribution in [-0.4, -0.2) is 14.3 Å². The van der Waals surface area contributed by atoms with E-state index in [1.54, 1.807) is 4.83 Å². The van der Waals surface area contributed by atoms with Crippen LogP contribution in [0.2, 0.25) is 5.02 Å². The summed E-state index contributed by atoms with van der Waals surface area (Å²) in [5, 5.41) is -0.617. The largest absolute Gasteiger partial charge is 0.417 e. The van der Waals surface area contributed by atoms with Crippen molar-refractivity contribution in [2.24, 2.45) is 0 Å². The van der Waals surface area contributed by atoms with E-state index in [9.17, 15) is 26.4 Å². The van der Waals surface area contributed by atoms with Gasteiger partial charge in [-0.05, 0) is 18.2 Å². The molecule has 0 heterocycles. The summed E-state index contributed by atoms with van der Waals surface area (Å²) in [6.45, 7) is 1.48. The Morgan fingerprint density at radius 1 is 1.35 bits per heavy atom. The molecule has 0 atom stereocenters. The summed E-state index contributed by atoms with van der Waals surface area (Å²) in [5.74, 6) is -0.626. The molecule has 0 aliphatic heterocycles. The zero-order chi connectivity index (χ0) is 15.6. The molecule has 0 radical (unpaired) electrons. The smallest absolute Gasteiger partial charge is 0.278 e. The number of rotatable bonds is 4. The number of benzene rings is 1. The van der Waals surface area contributed by atoms with Crippen LogP contribution in [0.15, 0.2) is 23.1 Å². The molecule has 10 heteroatoms. The first kappa shape index (κ1) is 16.7. The van der Waals surface area contributed by atoms with Crippen LogP contribution >= 0.6 is 11.6 Å². The Balaban J connectivity index is 3.11. The number of hydrogen-bond acceptors (Lipinski definition) is 3. The second-order valence-corrected chi connectivity index (χ2v) is 5.74. The monoisotopic (exact) mass is 330 g/mol. The second-order valence-electron chi connectivity index (χ2n) is 3.65. The molecular weight excluding hydrogens is 321 g/mol. The highest BCUT2D eigenvalue weighted by atomic mass is 35.5. The zero-order valence-electron chi connectivity index (χ0n) is 10.1. The van der Waals surface area contributed by atoms with Gasteiger partial charge in [-0.2, -0.15) is 13.2 Å². The van der Waals surface area contributed by atoms with Crippen molar-refractivity contribution in [3.63, 3.8) is 0 Å². The number of carbonyl (C=O) groups excluding carboxylic acids is 1. The molecule has 112 valence electrons. The second kappa shape index (κ2) is 5.98. The molecule has 1 aromatic carbocycles. The highest BCUT2D eigenvalue weighted by Gasteiger charge is 2.34. The van der Waals surface area contributed by atoms with E-state index in [1.165, 1.54) is 6.92 Å². The number of hydrazine groups is 1. The van der Waals surface area contributed by atoms with Crippen molar-refractivity contribution < 1.29 is 26.4 Å². The zero-order valence-corrected chi connectivity index (χ0v) is 11.7. The lowest BCUT2D eigenvalue weighted by atomic mass is 10.2. The summed E-state index contributed by atoms with van der Waals surface area (Å²) < 4.78 is 61.3. The predicted octanol–water partition coefficient (Wildman–Crippen LogP) is 2.08. The maximum Gasteiger partial charge on any atom is 0.417 e. The summed E-state index contributed by atoms with van der Waals surface area (Å²) in [6, 6.07) is 2.11. The van der Waals surface area contributed by atoms with Crippen molar-refractivity contribution in [1.82, 2.24) is 10.3 Å². The summed E-state index contributed by atoms with van der Waals surface area (Å²) in [4.78, 5) is 12.0. The molecule has 0 unspecified atom stereocenters. The van der Waals surface area contributed by atoms with Crippen LogP contribution in [0.25, 0.3) is 0 Å². The van der Waals surface area contributed by atoms with Gasteiger partial charge in [0.25, 0.3) is 10.0 Å². The Morgan fingerprint density at radius 3 is 2.45 bits per heavy atom. The van der Waals surface area contributed by atoms with Gasteiger partial charge in [0.2, 0.25) is 5.91 Å². The average molecular weight is 331 g/mol. The molecule has 0 aromatic heterocycles. The van der Waals surface area contributed by atoms with E-state index >= 15 is 0 Å². The van der Waals surface area contributed by atoms with Crippen LogP contribution in [0.1, 0.15) is 18.9 Å². The van der Waals surface area contributed by atoms with Gasteiger partial charge in [0.05, 0.1) is 15.5 Å². The maximum atomic E-state index is 12.6. The lowest BCUT2D eigenvalue weighted by molar-refractivity contribution is -0.137. The fourth-order valence-corrected chi connectivity index (χ4v) is 2.27. The van der Waals surface area contributed by atoms with E-state index in [0.717, 1.165) is 12.1 Å². The molecule has 1 rings (SSSR count). The predicted molar refractivity (Wildman–Crippen MR) is 65.2 cm³/mol. The molecule has 5 nitrogen and oxygen atoms in total. The van der Waals surface area contributed by atoms with Crippen molar-refractivity contribution in [2.45, 2.75) is 24.4 Å². The molecular formula is C10H10ClF3N2O3S. The Kier molecular flexibility index (Phi) is 5.00. The molecule has 0 aliphatic rings. The highest BCUT2D eigenvalue weighted by Crippen LogP contribution is 2.35. The van der Waals surface area contributed by atoms with Gasteiger partial charge in [-0.15, -0.1) is 4.83 Å². The van der Waals surface area contributed by atoms with Crippen LogP contribution in [0.5, 0.6) is 0 Å². The maximum absolute atomic E-state index is 12.6. The summed E-state index contributed by atoms with van der Waals surface area (Å²) >= 11 is 5.38. The van der Waals surface area contributed by atoms with Gasteiger partial charge in [-0.1, -0.05) is 18.5 Å². The number of hydrogen-bond donors (Lipinski definition) is 2. The molecule has 0 aliphatic carbocycles. The topological polar surface area (TPSA) is 75.3 Å². The number of sulfonamides is 1. The minimum absolute atomic E-state index is 0.0109. The lowest BCUT2D eigenvalue weighted by Gasteiger charge is -2.12. The minimum Gasteiger partial charge on any atom is -0.278 e. The fourth-order valence-electron chi connectivity index (χ4n) is 1.16. The minimum atomic E-state index is -4.78. The van der Waals surface area contributed by atoms with Crippen LogP contribution in [0.4, 0.5) is 13.2 Å². The molecule has 0 saturated carbocycles. The Bertz CT molecular complexity index is 617. The van der Waals surface area contributed by atoms with E-state index in [2.05, 4.69) is 0 Å². The molecule has 2 N–H and O–H groups in total. The van der Waals surface area contributed by atoms with Crippen LogP contribution < -0.4 is 10.3 Å². The normalized spacial score (nSPS) is 12.2. The van der Waals surface area contributed by atoms with Crippen molar-refractivity contribution in [2.75, 3.05) is 0 Å². The first-order valence-corrected chi connectivity index (χ1v) is 7.11. The SMILES string of the molecule is CCC(=O)NNS(=O)(=O)c1ccc(Cl)c(C(F)(F)F)c1. The average Bonchev–Trinajstić information content (AvgIpc) is 2.34. The van der Waals surface area contributed by atoms with Gasteiger partial charge in [0.1, 0.15) is 0 Å². The highest BCUT2D eigenvalue weighted by molar-refractivity contribution is 7.89. The quantitative estimate of drug-likeness (QED) is 0.830. The summed E-state index contributed by atoms with van der Waals surface area (Å²) in [6.07, 6.45) is -4.77. The van der Waals surface area contributed by atoms with E-state index in [1.807, 2.05) is 5.43 Å². The van der Waals surface area contributed by atoms with Gasteiger partial charge in [-0.3, -0.25) is 10.2 Å². The lowest BCUT2D eigenvalue weighted by Crippen LogP contribution is -2.41. The molecule has 0 saturated heterocycles. The van der Waals surface area contributed by atoms with E-state index < -0.39 is 37.6 Å². The Labute approximate surface area is 118 Å². The molecule has 1 amide bonds. The molecule has 1 aromatic rings. The van der Waals surface area contributed by atoms with Crippen molar-refractivity contribution in [1.29, 1.82) is 0 Å². The summed E-state index contributed by atoms with van der Waals surface area (Å²) in [5.41, 5.74) is 0.579. The van der Waals surface area contributed by atoms with E-state index in [0.29, 0.717) is 6.07 Å². The van der Waals surface area contributed by atoms with E-state index in [4.69, 9.17) is 11.6 Å². The van der Waals surface area contributed by atoms with Crippen LogP contribution in [-0.2, 0) is 21.0 Å².